The van der Waals surface area contributed by atoms with E-state index in [2.05, 4.69) is 96.1 Å². The van der Waals surface area contributed by atoms with E-state index in [-0.39, 0.29) is 31.5 Å². The molecule has 1 aliphatic heterocycles. The third-order valence-corrected chi connectivity index (χ3v) is 14.1. The molecule has 21 heteroatoms. The number of carbonyl (C=O) groups is 2. The van der Waals surface area contributed by atoms with Gasteiger partial charge in [-0.25, -0.2) is 13.9 Å². The van der Waals surface area contributed by atoms with Gasteiger partial charge in [0.25, 0.3) is 0 Å². The molecule has 1 aliphatic rings. The van der Waals surface area contributed by atoms with E-state index < -0.39 is 89.8 Å². The SMILES string of the molecule is CC/C=C\C/C=C\C/C=C\C/C=C\C=C\C(O)CCCC(=O)OC[C@H](COP(=O)(O)OP(=O)(O)OC[C@H]1O[C@@H](n2ccc(N)nc2=O)[C@H](O)[C@@H]1O)OC(=O)CCCCCCCC/C=C\C/C=C\C/C=C\CCCCCC. The van der Waals surface area contributed by atoms with Crippen molar-refractivity contribution in [1.82, 2.24) is 9.55 Å². The summed E-state index contributed by atoms with van der Waals surface area (Å²) in [6, 6.07) is 1.24. The zero-order valence-corrected chi connectivity index (χ0v) is 46.4. The van der Waals surface area contributed by atoms with Crippen LogP contribution in [-0.4, -0.2) is 96.9 Å². The van der Waals surface area contributed by atoms with Crippen LogP contribution in [0.25, 0.3) is 0 Å². The van der Waals surface area contributed by atoms with Gasteiger partial charge in [0.05, 0.1) is 19.3 Å². The van der Waals surface area contributed by atoms with Crippen molar-refractivity contribution < 1.29 is 71.4 Å². The highest BCUT2D eigenvalue weighted by molar-refractivity contribution is 7.61. The normalized spacial score (nSPS) is 19.9. The monoisotopic (exact) mass is 1110 g/mol. The van der Waals surface area contributed by atoms with Crippen LogP contribution in [0.3, 0.4) is 0 Å². The van der Waals surface area contributed by atoms with E-state index in [0.717, 1.165) is 94.2 Å². The number of phosphoric acid groups is 2. The quantitative estimate of drug-likeness (QED) is 0.0116. The molecule has 0 aliphatic carbocycles. The van der Waals surface area contributed by atoms with E-state index in [1.165, 1.54) is 31.7 Å². The number of nitrogens with two attached hydrogens (primary N) is 1. The fourth-order valence-corrected chi connectivity index (χ4v) is 9.46. The van der Waals surface area contributed by atoms with E-state index >= 15 is 0 Å². The number of nitrogens with zero attached hydrogens (tertiary/aromatic N) is 2. The van der Waals surface area contributed by atoms with Crippen LogP contribution in [-0.2, 0) is 46.3 Å². The number of aliphatic hydroxyl groups excluding tert-OH is 3. The standard InChI is InChI=1S/C55H87N3O16P2/c1-3-5-7-9-11-13-15-17-18-19-20-21-22-23-25-27-29-31-33-35-39-51(61)72-47(43-69-50(60)40-36-38-46(59)37-34-32-30-28-26-24-16-14-12-10-8-6-4-2)44-70-75(65,66)74-76(67,68)71-45-48-52(62)53(63)54(73-48)58-42-41-49(56)57-55(58)64/h6,8,12-15,18-19,21-22,24,26,30,32,34,37,41-42,46-48,52-54,59,62-63H,3-5,7,9-11,16-17,20,23,25,27-29,31,33,35-36,38-40,43-45H2,1-2H3,(H,65,66)(H,67,68)(H2,56,57,64)/b8-6-,14-12-,15-13-,19-18-,22-21-,26-24-,32-30-,37-34+/t46?,47-,48-,52-,53-,54-/m1/s1. The van der Waals surface area contributed by atoms with Gasteiger partial charge in [-0.3, -0.25) is 23.2 Å². The molecule has 1 fully saturated rings. The Labute approximate surface area is 450 Å². The number of esters is 2. The zero-order valence-electron chi connectivity index (χ0n) is 44.6. The Bertz CT molecular complexity index is 2170. The van der Waals surface area contributed by atoms with Crippen LogP contribution in [0.4, 0.5) is 5.82 Å². The van der Waals surface area contributed by atoms with Crippen molar-refractivity contribution in [2.45, 2.75) is 192 Å². The summed E-state index contributed by atoms with van der Waals surface area (Å²) in [7, 11) is -10.9. The minimum atomic E-state index is -5.48. The summed E-state index contributed by atoms with van der Waals surface area (Å²) in [4.78, 5) is 62.0. The highest BCUT2D eigenvalue weighted by Gasteiger charge is 2.46. The van der Waals surface area contributed by atoms with Gasteiger partial charge in [0.1, 0.15) is 30.7 Å². The molecule has 19 nitrogen and oxygen atoms in total. The van der Waals surface area contributed by atoms with E-state index in [0.29, 0.717) is 6.42 Å². The van der Waals surface area contributed by atoms with Crippen molar-refractivity contribution >= 4 is 33.4 Å². The maximum Gasteiger partial charge on any atom is 0.481 e. The molecule has 1 aromatic heterocycles. The van der Waals surface area contributed by atoms with E-state index in [1.54, 1.807) is 12.2 Å². The zero-order chi connectivity index (χ0) is 55.7. The van der Waals surface area contributed by atoms with Crippen molar-refractivity contribution in [3.8, 4) is 0 Å². The summed E-state index contributed by atoms with van der Waals surface area (Å²) in [6.07, 6.45) is 43.6. The molecule has 3 unspecified atom stereocenters. The third kappa shape index (κ3) is 33.7. The van der Waals surface area contributed by atoms with E-state index in [9.17, 15) is 48.6 Å². The topological polar surface area (TPSA) is 286 Å². The van der Waals surface area contributed by atoms with Crippen molar-refractivity contribution in [1.29, 1.82) is 0 Å². The lowest BCUT2D eigenvalue weighted by atomic mass is 10.1. The second-order valence-electron chi connectivity index (χ2n) is 18.2. The molecule has 1 aromatic rings. The molecular formula is C55H87N3O16P2. The molecule has 0 radical (unpaired) electrons. The van der Waals surface area contributed by atoms with Gasteiger partial charge < -0.3 is 45.1 Å². The van der Waals surface area contributed by atoms with E-state index in [1.807, 2.05) is 12.2 Å². The lowest BCUT2D eigenvalue weighted by Gasteiger charge is -2.21. The Morgan fingerprint density at radius 2 is 1.26 bits per heavy atom. The lowest BCUT2D eigenvalue weighted by Crippen LogP contribution is -2.36. The molecule has 76 heavy (non-hydrogen) atoms. The molecule has 0 saturated carbocycles. The van der Waals surface area contributed by atoms with Crippen molar-refractivity contribution in [2.75, 3.05) is 25.6 Å². The first-order chi connectivity index (χ1) is 36.6. The van der Waals surface area contributed by atoms with Crippen LogP contribution in [0.5, 0.6) is 0 Å². The summed E-state index contributed by atoms with van der Waals surface area (Å²) < 4.78 is 56.7. The minimum absolute atomic E-state index is 0.0111. The molecular weight excluding hydrogens is 1020 g/mol. The van der Waals surface area contributed by atoms with Crippen molar-refractivity contribution in [3.05, 3.63) is 120 Å². The fourth-order valence-electron chi connectivity index (χ4n) is 7.35. The van der Waals surface area contributed by atoms with Crippen LogP contribution in [0.15, 0.2) is 114 Å². The first kappa shape index (κ1) is 67.7. The Balaban J connectivity index is 1.84. The summed E-state index contributed by atoms with van der Waals surface area (Å²) in [5, 5.41) is 31.3. The number of anilines is 1. The smallest absolute Gasteiger partial charge is 0.462 e. The van der Waals surface area contributed by atoms with Crippen LogP contribution in [0.1, 0.15) is 161 Å². The second kappa shape index (κ2) is 41.7. The molecule has 0 amide bonds. The number of nitrogen functional groups attached to an aromatic ring is 1. The molecule has 8 atom stereocenters. The number of hydrogen-bond acceptors (Lipinski definition) is 16. The molecule has 2 heterocycles. The van der Waals surface area contributed by atoms with Gasteiger partial charge in [0.2, 0.25) is 0 Å². The maximum absolute atomic E-state index is 12.9. The number of unbranched alkanes of at least 4 members (excludes halogenated alkanes) is 10. The van der Waals surface area contributed by atoms with Gasteiger partial charge in [-0.1, -0.05) is 156 Å². The van der Waals surface area contributed by atoms with Crippen LogP contribution in [0, 0.1) is 0 Å². The van der Waals surface area contributed by atoms with Gasteiger partial charge in [-0.2, -0.15) is 9.29 Å². The van der Waals surface area contributed by atoms with Crippen molar-refractivity contribution in [3.63, 3.8) is 0 Å². The molecule has 1 saturated heterocycles. The highest BCUT2D eigenvalue weighted by Crippen LogP contribution is 2.60. The summed E-state index contributed by atoms with van der Waals surface area (Å²) in [5.41, 5.74) is 4.57. The average Bonchev–Trinajstić information content (AvgIpc) is 3.65. The summed E-state index contributed by atoms with van der Waals surface area (Å²) in [5.74, 6) is -1.53. The number of phosphoric ester groups is 2. The van der Waals surface area contributed by atoms with Crippen LogP contribution in [0.2, 0.25) is 0 Å². The third-order valence-electron chi connectivity index (χ3n) is 11.5. The molecule has 7 N–H and O–H groups in total. The first-order valence-corrected chi connectivity index (χ1v) is 29.8. The second-order valence-corrected chi connectivity index (χ2v) is 21.2. The number of ether oxygens (including phenoxy) is 3. The molecule has 0 bridgehead atoms. The average molecular weight is 1110 g/mol. The fraction of sp³-hybridized carbons (Fsp3) is 0.600. The van der Waals surface area contributed by atoms with Gasteiger partial charge in [0, 0.05) is 19.0 Å². The van der Waals surface area contributed by atoms with Gasteiger partial charge in [0.15, 0.2) is 12.3 Å². The van der Waals surface area contributed by atoms with Gasteiger partial charge >= 0.3 is 33.3 Å². The molecule has 428 valence electrons. The Hall–Kier alpha value is -4.36. The maximum atomic E-state index is 12.9. The summed E-state index contributed by atoms with van der Waals surface area (Å²) in [6.45, 7) is 1.82. The van der Waals surface area contributed by atoms with Crippen LogP contribution >= 0.6 is 15.6 Å². The lowest BCUT2D eigenvalue weighted by molar-refractivity contribution is -0.161. The van der Waals surface area contributed by atoms with Crippen molar-refractivity contribution in [2.24, 2.45) is 0 Å². The highest BCUT2D eigenvalue weighted by atomic mass is 31.3. The number of hydrogen-bond donors (Lipinski definition) is 6. The number of carbonyl (C=O) groups excluding carboxylic acids is 2. The Morgan fingerprint density at radius 3 is 1.88 bits per heavy atom. The Kier molecular flexibility index (Phi) is 37.2. The van der Waals surface area contributed by atoms with Crippen LogP contribution < -0.4 is 11.4 Å². The first-order valence-electron chi connectivity index (χ1n) is 26.9. The predicted molar refractivity (Wildman–Crippen MR) is 294 cm³/mol. The molecule has 2 rings (SSSR count). The number of aromatic nitrogens is 2. The molecule has 0 aromatic carbocycles. The van der Waals surface area contributed by atoms with Gasteiger partial charge in [-0.05, 0) is 89.5 Å². The summed E-state index contributed by atoms with van der Waals surface area (Å²) >= 11 is 0. The Morgan fingerprint density at radius 1 is 0.711 bits per heavy atom. The predicted octanol–water partition coefficient (Wildman–Crippen LogP) is 10.6. The number of allylic oxidation sites excluding steroid dienone is 15. The molecule has 0 spiro atoms. The minimum Gasteiger partial charge on any atom is -0.462 e. The largest absolute Gasteiger partial charge is 0.481 e. The van der Waals surface area contributed by atoms with E-state index in [4.69, 9.17) is 29.0 Å². The number of rotatable bonds is 43. The van der Waals surface area contributed by atoms with Gasteiger partial charge in [-0.15, -0.1) is 0 Å². The number of aliphatic hydroxyl groups is 3.